The number of ether oxygens (including phenoxy) is 1. The van der Waals surface area contributed by atoms with Crippen LogP contribution in [0.5, 0.6) is 0 Å². The summed E-state index contributed by atoms with van der Waals surface area (Å²) < 4.78 is 5.35. The molecule has 1 unspecified atom stereocenters. The molecule has 0 saturated carbocycles. The van der Waals surface area contributed by atoms with Crippen LogP contribution in [0.15, 0.2) is 42.5 Å². The highest BCUT2D eigenvalue weighted by atomic mass is 16.5. The van der Waals surface area contributed by atoms with E-state index in [1.807, 2.05) is 51.1 Å². The van der Waals surface area contributed by atoms with E-state index in [9.17, 15) is 19.5 Å². The summed E-state index contributed by atoms with van der Waals surface area (Å²) in [5.41, 5.74) is 1.18. The summed E-state index contributed by atoms with van der Waals surface area (Å²) in [6.45, 7) is 8.52. The largest absolute Gasteiger partial charge is 0.465 e. The number of benzene rings is 1. The van der Waals surface area contributed by atoms with Crippen LogP contribution >= 0.6 is 0 Å². The van der Waals surface area contributed by atoms with Gasteiger partial charge in [-0.15, -0.1) is 0 Å². The molecule has 0 radical (unpaired) electrons. The van der Waals surface area contributed by atoms with Gasteiger partial charge in [0, 0.05) is 31.2 Å². The molecule has 37 heavy (non-hydrogen) atoms. The lowest BCUT2D eigenvalue weighted by Crippen LogP contribution is -2.48. The summed E-state index contributed by atoms with van der Waals surface area (Å²) in [5.74, 6) is 5.44. The summed E-state index contributed by atoms with van der Waals surface area (Å²) in [5, 5.41) is 15.2. The summed E-state index contributed by atoms with van der Waals surface area (Å²) in [6.07, 6.45) is 0.113. The van der Waals surface area contributed by atoms with Gasteiger partial charge >= 0.3 is 6.09 Å². The first-order valence-electron chi connectivity index (χ1n) is 12.3. The molecule has 9 heteroatoms. The van der Waals surface area contributed by atoms with E-state index >= 15 is 0 Å². The molecule has 2 heterocycles. The smallest absolute Gasteiger partial charge is 0.407 e. The second-order valence-electron chi connectivity index (χ2n) is 10.2. The number of anilines is 2. The van der Waals surface area contributed by atoms with Gasteiger partial charge in [0.2, 0.25) is 11.8 Å². The van der Waals surface area contributed by atoms with E-state index in [2.05, 4.69) is 27.5 Å². The fourth-order valence-electron chi connectivity index (χ4n) is 3.83. The lowest BCUT2D eigenvalue weighted by Gasteiger charge is -2.31. The number of carbonyl (C=O) groups is 3. The first kappa shape index (κ1) is 27.7. The number of nitrogens with zero attached hydrogens (tertiary/aromatic N) is 2. The van der Waals surface area contributed by atoms with E-state index in [0.29, 0.717) is 37.4 Å². The number of hydrogen-bond donors (Lipinski definition) is 3. The predicted molar refractivity (Wildman–Crippen MR) is 141 cm³/mol. The number of nitrogens with one attached hydrogen (secondary N) is 2. The van der Waals surface area contributed by atoms with E-state index in [0.717, 1.165) is 10.5 Å². The van der Waals surface area contributed by atoms with Gasteiger partial charge in [-0.05, 0) is 55.4 Å². The zero-order valence-corrected chi connectivity index (χ0v) is 21.7. The van der Waals surface area contributed by atoms with Crippen LogP contribution in [0.2, 0.25) is 0 Å². The Labute approximate surface area is 217 Å². The summed E-state index contributed by atoms with van der Waals surface area (Å²) in [7, 11) is 0. The van der Waals surface area contributed by atoms with Crippen molar-refractivity contribution in [3.63, 3.8) is 0 Å². The Hall–Kier alpha value is -3.90. The molecule has 2 aromatic rings. The van der Waals surface area contributed by atoms with Gasteiger partial charge in [0.15, 0.2) is 0 Å². The van der Waals surface area contributed by atoms with Gasteiger partial charge in [0.25, 0.3) is 0 Å². The molecule has 3 N–H and O–H groups in total. The highest BCUT2D eigenvalue weighted by Gasteiger charge is 2.30. The minimum absolute atomic E-state index is 0.127. The average molecular weight is 507 g/mol. The Morgan fingerprint density at radius 1 is 1.08 bits per heavy atom. The van der Waals surface area contributed by atoms with Crippen LogP contribution in [0, 0.1) is 23.2 Å². The Bertz CT molecular complexity index is 1170. The van der Waals surface area contributed by atoms with Crippen molar-refractivity contribution in [1.82, 2.24) is 9.88 Å². The van der Waals surface area contributed by atoms with Crippen LogP contribution in [0.1, 0.15) is 51.8 Å². The molecule has 1 fully saturated rings. The van der Waals surface area contributed by atoms with Crippen molar-refractivity contribution in [3.05, 3.63) is 53.7 Å². The third kappa shape index (κ3) is 8.33. The minimum atomic E-state index is -1.17. The van der Waals surface area contributed by atoms with Crippen molar-refractivity contribution in [2.24, 2.45) is 11.3 Å². The quantitative estimate of drug-likeness (QED) is 0.505. The Morgan fingerprint density at radius 3 is 2.38 bits per heavy atom. The van der Waals surface area contributed by atoms with Crippen molar-refractivity contribution in [2.75, 3.05) is 30.4 Å². The third-order valence-corrected chi connectivity index (χ3v) is 5.83. The van der Waals surface area contributed by atoms with Gasteiger partial charge in [-0.3, -0.25) is 14.5 Å². The molecular weight excluding hydrogens is 472 g/mol. The third-order valence-electron chi connectivity index (χ3n) is 5.83. The van der Waals surface area contributed by atoms with Crippen LogP contribution in [-0.4, -0.2) is 58.7 Å². The van der Waals surface area contributed by atoms with E-state index in [1.54, 1.807) is 12.1 Å². The molecule has 196 valence electrons. The first-order valence-corrected chi connectivity index (χ1v) is 12.3. The van der Waals surface area contributed by atoms with Gasteiger partial charge in [0.1, 0.15) is 17.6 Å². The topological polar surface area (TPSA) is 121 Å². The van der Waals surface area contributed by atoms with Crippen LogP contribution in [0.25, 0.3) is 0 Å². The second kappa shape index (κ2) is 12.4. The Kier molecular flexibility index (Phi) is 9.25. The molecule has 0 aliphatic carbocycles. The van der Waals surface area contributed by atoms with Crippen molar-refractivity contribution in [1.29, 1.82) is 0 Å². The van der Waals surface area contributed by atoms with Crippen molar-refractivity contribution in [2.45, 2.75) is 46.6 Å². The normalized spacial score (nSPS) is 14.6. The SMILES string of the molecule is CC(C(=O)Nc1ccc(NC(=O)C2CCOCC2)c(C#Cc2ccccc2)n1)N(CC(C)(C)C)C(=O)O. The summed E-state index contributed by atoms with van der Waals surface area (Å²) in [6, 6.07) is 11.6. The second-order valence-corrected chi connectivity index (χ2v) is 10.2. The number of rotatable bonds is 6. The lowest BCUT2D eigenvalue weighted by atomic mass is 9.95. The molecular formula is C28H34N4O5. The number of pyridine rings is 1. The van der Waals surface area contributed by atoms with Crippen molar-refractivity contribution < 1.29 is 24.2 Å². The maximum atomic E-state index is 12.9. The van der Waals surface area contributed by atoms with E-state index in [-0.39, 0.29) is 29.6 Å². The molecule has 3 amide bonds. The monoisotopic (exact) mass is 506 g/mol. The maximum Gasteiger partial charge on any atom is 0.407 e. The molecule has 1 aliphatic heterocycles. The summed E-state index contributed by atoms with van der Waals surface area (Å²) >= 11 is 0. The molecule has 1 aromatic heterocycles. The molecule has 1 aromatic carbocycles. The van der Waals surface area contributed by atoms with Gasteiger partial charge in [0.05, 0.1) is 5.69 Å². The maximum absolute atomic E-state index is 12.9. The molecule has 9 nitrogen and oxygen atoms in total. The highest BCUT2D eigenvalue weighted by Crippen LogP contribution is 2.22. The summed E-state index contributed by atoms with van der Waals surface area (Å²) in [4.78, 5) is 43.1. The van der Waals surface area contributed by atoms with Crippen molar-refractivity contribution in [3.8, 4) is 11.8 Å². The van der Waals surface area contributed by atoms with Crippen LogP contribution in [-0.2, 0) is 14.3 Å². The molecule has 0 bridgehead atoms. The standard InChI is InChI=1S/C28H34N4O5/c1-19(32(27(35)36)18-28(2,3)4)25(33)31-24-13-12-23(30-26(34)21-14-16-37-17-15-21)22(29-24)11-10-20-8-6-5-7-9-20/h5-9,12-13,19,21H,14-18H2,1-4H3,(H,30,34)(H,35,36)(H,29,31,33). The average Bonchev–Trinajstić information content (AvgIpc) is 2.87. The number of amides is 3. The Balaban J connectivity index is 1.84. The van der Waals surface area contributed by atoms with E-state index in [4.69, 9.17) is 4.74 Å². The Morgan fingerprint density at radius 2 is 1.76 bits per heavy atom. The molecule has 1 aliphatic rings. The number of hydrogen-bond acceptors (Lipinski definition) is 5. The fraction of sp³-hybridized carbons (Fsp3) is 0.429. The lowest BCUT2D eigenvalue weighted by molar-refractivity contribution is -0.122. The highest BCUT2D eigenvalue weighted by molar-refractivity contribution is 5.96. The van der Waals surface area contributed by atoms with Crippen molar-refractivity contribution >= 4 is 29.4 Å². The van der Waals surface area contributed by atoms with Gasteiger partial charge in [-0.1, -0.05) is 44.9 Å². The first-order chi connectivity index (χ1) is 17.5. The van der Waals surface area contributed by atoms with E-state index in [1.165, 1.54) is 6.92 Å². The molecule has 1 atom stereocenters. The molecule has 1 saturated heterocycles. The zero-order chi connectivity index (χ0) is 27.0. The number of aromatic nitrogens is 1. The minimum Gasteiger partial charge on any atom is -0.465 e. The zero-order valence-electron chi connectivity index (χ0n) is 21.7. The van der Waals surface area contributed by atoms with Gasteiger partial charge in [-0.2, -0.15) is 0 Å². The van der Waals surface area contributed by atoms with Gasteiger partial charge < -0.3 is 20.5 Å². The molecule has 0 spiro atoms. The number of carbonyl (C=O) groups excluding carboxylic acids is 2. The van der Waals surface area contributed by atoms with Crippen LogP contribution < -0.4 is 10.6 Å². The van der Waals surface area contributed by atoms with Crippen LogP contribution in [0.4, 0.5) is 16.3 Å². The van der Waals surface area contributed by atoms with Crippen LogP contribution in [0.3, 0.4) is 0 Å². The number of carboxylic acid groups (broad SMARTS) is 1. The van der Waals surface area contributed by atoms with E-state index < -0.39 is 18.0 Å². The molecule has 3 rings (SSSR count). The van der Waals surface area contributed by atoms with Gasteiger partial charge in [-0.25, -0.2) is 9.78 Å². The fourth-order valence-corrected chi connectivity index (χ4v) is 3.83. The predicted octanol–water partition coefficient (Wildman–Crippen LogP) is 4.20.